The number of amides is 1. The average Bonchev–Trinajstić information content (AvgIpc) is 3.04. The number of carbonyl (C=O) groups is 2. The maximum absolute atomic E-state index is 12.5. The summed E-state index contributed by atoms with van der Waals surface area (Å²) < 4.78 is 5.60. The van der Waals surface area contributed by atoms with Gasteiger partial charge in [-0.2, -0.15) is 0 Å². The van der Waals surface area contributed by atoms with Gasteiger partial charge in [-0.3, -0.25) is 9.69 Å². The second-order valence-corrected chi connectivity index (χ2v) is 6.15. The van der Waals surface area contributed by atoms with Crippen molar-refractivity contribution in [2.75, 3.05) is 11.9 Å². The lowest BCUT2D eigenvalue weighted by Gasteiger charge is -2.17. The van der Waals surface area contributed by atoms with E-state index in [2.05, 4.69) is 4.98 Å². The van der Waals surface area contributed by atoms with E-state index in [0.717, 1.165) is 27.7 Å². The van der Waals surface area contributed by atoms with Crippen molar-refractivity contribution in [3.63, 3.8) is 0 Å². The maximum Gasteiger partial charge on any atom is 0.419 e. The molecule has 0 atom stereocenters. The predicted molar refractivity (Wildman–Crippen MR) is 99.9 cm³/mol. The predicted octanol–water partition coefficient (Wildman–Crippen LogP) is 4.13. The van der Waals surface area contributed by atoms with Gasteiger partial charge in [-0.05, 0) is 43.2 Å². The Hall–Kier alpha value is -3.28. The molecule has 2 aromatic carbocycles. The minimum atomic E-state index is -0.868. The molecule has 1 amide bonds. The number of rotatable bonds is 5. The summed E-state index contributed by atoms with van der Waals surface area (Å²) >= 11 is 0. The van der Waals surface area contributed by atoms with E-state index < -0.39 is 12.1 Å². The Morgan fingerprint density at radius 2 is 1.88 bits per heavy atom. The molecule has 134 valence electrons. The molecule has 0 spiro atoms. The third-order valence-corrected chi connectivity index (χ3v) is 4.25. The van der Waals surface area contributed by atoms with Crippen molar-refractivity contribution in [2.45, 2.75) is 19.8 Å². The van der Waals surface area contributed by atoms with E-state index in [4.69, 9.17) is 9.84 Å². The highest BCUT2D eigenvalue weighted by Crippen LogP contribution is 2.30. The molecule has 0 radical (unpaired) electrons. The van der Waals surface area contributed by atoms with Crippen LogP contribution in [-0.2, 0) is 11.2 Å². The molecule has 0 aliphatic carbocycles. The standard InChI is InChI=1S/C20H20N2O4/c1-13-6-9-15(10-7-13)22(2)20(25)26-17-5-3-4-16-19(17)14(12-21-16)8-11-18(23)24/h3-7,9-10,12,21H,8,11H2,1-2H3,(H,23,24). The van der Waals surface area contributed by atoms with Gasteiger partial charge in [0.05, 0.1) is 0 Å². The molecule has 3 aromatic rings. The number of hydrogen-bond acceptors (Lipinski definition) is 3. The largest absolute Gasteiger partial charge is 0.481 e. The fourth-order valence-corrected chi connectivity index (χ4v) is 2.78. The Kier molecular flexibility index (Phi) is 4.93. The zero-order valence-electron chi connectivity index (χ0n) is 14.7. The van der Waals surface area contributed by atoms with Crippen molar-refractivity contribution in [2.24, 2.45) is 0 Å². The molecule has 26 heavy (non-hydrogen) atoms. The smallest absolute Gasteiger partial charge is 0.419 e. The number of nitrogens with one attached hydrogen (secondary N) is 1. The quantitative estimate of drug-likeness (QED) is 0.723. The summed E-state index contributed by atoms with van der Waals surface area (Å²) in [5, 5.41) is 9.65. The van der Waals surface area contributed by atoms with Crippen molar-refractivity contribution in [3.05, 3.63) is 59.8 Å². The molecule has 3 rings (SSSR count). The van der Waals surface area contributed by atoms with E-state index in [0.29, 0.717) is 12.2 Å². The third kappa shape index (κ3) is 3.69. The molecule has 1 aromatic heterocycles. The first-order valence-corrected chi connectivity index (χ1v) is 8.28. The second kappa shape index (κ2) is 7.31. The minimum Gasteiger partial charge on any atom is -0.481 e. The topological polar surface area (TPSA) is 82.6 Å². The number of aromatic amines is 1. The van der Waals surface area contributed by atoms with Gasteiger partial charge in [-0.25, -0.2) is 4.79 Å². The fourth-order valence-electron chi connectivity index (χ4n) is 2.78. The van der Waals surface area contributed by atoms with Crippen LogP contribution in [0.5, 0.6) is 5.75 Å². The summed E-state index contributed by atoms with van der Waals surface area (Å²) in [5.74, 6) is -0.457. The van der Waals surface area contributed by atoms with Crippen LogP contribution in [0.1, 0.15) is 17.5 Å². The van der Waals surface area contributed by atoms with Gasteiger partial charge in [0.1, 0.15) is 5.75 Å². The second-order valence-electron chi connectivity index (χ2n) is 6.15. The zero-order valence-corrected chi connectivity index (χ0v) is 14.7. The summed E-state index contributed by atoms with van der Waals surface area (Å²) in [7, 11) is 1.65. The number of aryl methyl sites for hydroxylation is 2. The molecule has 6 heteroatoms. The number of aliphatic carboxylic acids is 1. The van der Waals surface area contributed by atoms with Crippen LogP contribution in [0.25, 0.3) is 10.9 Å². The van der Waals surface area contributed by atoms with Crippen molar-refractivity contribution in [1.82, 2.24) is 4.98 Å². The summed E-state index contributed by atoms with van der Waals surface area (Å²) in [6, 6.07) is 12.9. The molecular formula is C20H20N2O4. The molecule has 0 saturated heterocycles. The van der Waals surface area contributed by atoms with Crippen LogP contribution in [0.15, 0.2) is 48.7 Å². The number of aromatic nitrogens is 1. The Morgan fingerprint density at radius 1 is 1.15 bits per heavy atom. The highest BCUT2D eigenvalue weighted by molar-refractivity contribution is 5.94. The normalized spacial score (nSPS) is 10.7. The number of fused-ring (bicyclic) bond motifs is 1. The van der Waals surface area contributed by atoms with Crippen molar-refractivity contribution >= 4 is 28.7 Å². The highest BCUT2D eigenvalue weighted by Gasteiger charge is 2.17. The maximum atomic E-state index is 12.5. The molecule has 2 N–H and O–H groups in total. The van der Waals surface area contributed by atoms with E-state index >= 15 is 0 Å². The summed E-state index contributed by atoms with van der Waals surface area (Å²) in [6.45, 7) is 1.98. The van der Waals surface area contributed by atoms with E-state index in [9.17, 15) is 9.59 Å². The Labute approximate surface area is 151 Å². The molecule has 0 bridgehead atoms. The summed E-state index contributed by atoms with van der Waals surface area (Å²) in [4.78, 5) is 27.9. The minimum absolute atomic E-state index is 0.0124. The van der Waals surface area contributed by atoms with Gasteiger partial charge in [0.25, 0.3) is 0 Å². The number of benzene rings is 2. The lowest BCUT2D eigenvalue weighted by Crippen LogP contribution is -2.29. The van der Waals surface area contributed by atoms with Gasteiger partial charge >= 0.3 is 12.1 Å². The van der Waals surface area contributed by atoms with Crippen molar-refractivity contribution in [3.8, 4) is 5.75 Å². The molecule has 1 heterocycles. The summed E-state index contributed by atoms with van der Waals surface area (Å²) in [6.07, 6.45) is 1.62. The molecule has 0 aliphatic heterocycles. The first-order chi connectivity index (χ1) is 12.5. The van der Waals surface area contributed by atoms with Crippen LogP contribution < -0.4 is 9.64 Å². The lowest BCUT2D eigenvalue weighted by atomic mass is 10.1. The van der Waals surface area contributed by atoms with Crippen LogP contribution in [-0.4, -0.2) is 29.2 Å². The van der Waals surface area contributed by atoms with Crippen LogP contribution in [0.3, 0.4) is 0 Å². The van der Waals surface area contributed by atoms with Gasteiger partial charge in [-0.15, -0.1) is 0 Å². The van der Waals surface area contributed by atoms with Gasteiger partial charge < -0.3 is 14.8 Å². The number of anilines is 1. The number of ether oxygens (including phenoxy) is 1. The Morgan fingerprint density at radius 3 is 2.58 bits per heavy atom. The highest BCUT2D eigenvalue weighted by atomic mass is 16.6. The van der Waals surface area contributed by atoms with Gasteiger partial charge in [0.2, 0.25) is 0 Å². The molecule has 0 unspecified atom stereocenters. The lowest BCUT2D eigenvalue weighted by molar-refractivity contribution is -0.136. The number of carboxylic acid groups (broad SMARTS) is 1. The zero-order chi connectivity index (χ0) is 18.7. The van der Waals surface area contributed by atoms with Crippen LogP contribution >= 0.6 is 0 Å². The monoisotopic (exact) mass is 352 g/mol. The van der Waals surface area contributed by atoms with Gasteiger partial charge in [0, 0.05) is 36.3 Å². The SMILES string of the molecule is Cc1ccc(N(C)C(=O)Oc2cccc3[nH]cc(CCC(=O)O)c23)cc1. The van der Waals surface area contributed by atoms with Gasteiger partial charge in [-0.1, -0.05) is 23.8 Å². The molecule has 0 aliphatic rings. The number of hydrogen-bond donors (Lipinski definition) is 2. The van der Waals surface area contributed by atoms with Gasteiger partial charge in [0.15, 0.2) is 0 Å². The first-order valence-electron chi connectivity index (χ1n) is 8.28. The van der Waals surface area contributed by atoms with E-state index in [1.807, 2.05) is 37.3 Å². The average molecular weight is 352 g/mol. The fraction of sp³-hybridized carbons (Fsp3) is 0.200. The third-order valence-electron chi connectivity index (χ3n) is 4.25. The molecule has 0 fully saturated rings. The summed E-state index contributed by atoms with van der Waals surface area (Å²) in [5.41, 5.74) is 3.45. The van der Waals surface area contributed by atoms with E-state index in [1.165, 1.54) is 4.90 Å². The number of nitrogens with zero attached hydrogens (tertiary/aromatic N) is 1. The first kappa shape index (κ1) is 17.5. The van der Waals surface area contributed by atoms with Crippen LogP contribution in [0.4, 0.5) is 10.5 Å². The van der Waals surface area contributed by atoms with Crippen LogP contribution in [0.2, 0.25) is 0 Å². The molecule has 6 nitrogen and oxygen atoms in total. The van der Waals surface area contributed by atoms with E-state index in [-0.39, 0.29) is 6.42 Å². The Bertz CT molecular complexity index is 944. The molecular weight excluding hydrogens is 332 g/mol. The molecule has 0 saturated carbocycles. The van der Waals surface area contributed by atoms with Crippen LogP contribution in [0, 0.1) is 6.92 Å². The van der Waals surface area contributed by atoms with E-state index in [1.54, 1.807) is 25.4 Å². The number of carbonyl (C=O) groups excluding carboxylic acids is 1. The number of H-pyrrole nitrogens is 1. The van der Waals surface area contributed by atoms with Crippen molar-refractivity contribution in [1.29, 1.82) is 0 Å². The van der Waals surface area contributed by atoms with Crippen molar-refractivity contribution < 1.29 is 19.4 Å². The Balaban J connectivity index is 1.85. The number of carboxylic acids is 1.